The van der Waals surface area contributed by atoms with Gasteiger partial charge in [-0.05, 0) is 0 Å². The van der Waals surface area contributed by atoms with E-state index >= 15 is 0 Å². The molecule has 0 aliphatic carbocycles. The maximum absolute atomic E-state index is 10.6. The third-order valence-corrected chi connectivity index (χ3v) is 1.92. The SMILES string of the molecule is CN(Cc1ccccc1[N+](=O)[O-])C(=O)O. The van der Waals surface area contributed by atoms with Crippen molar-refractivity contribution in [1.29, 1.82) is 0 Å². The molecule has 0 saturated heterocycles. The summed E-state index contributed by atoms with van der Waals surface area (Å²) >= 11 is 0. The Morgan fingerprint density at radius 1 is 1.53 bits per heavy atom. The summed E-state index contributed by atoms with van der Waals surface area (Å²) in [4.78, 5) is 21.6. The zero-order chi connectivity index (χ0) is 11.4. The minimum atomic E-state index is -1.12. The van der Waals surface area contributed by atoms with Gasteiger partial charge < -0.3 is 10.0 Å². The Balaban J connectivity index is 2.94. The van der Waals surface area contributed by atoms with Crippen molar-refractivity contribution in [1.82, 2.24) is 4.90 Å². The van der Waals surface area contributed by atoms with Gasteiger partial charge in [0.05, 0.1) is 11.5 Å². The lowest BCUT2D eigenvalue weighted by Gasteiger charge is -2.12. The standard InChI is InChI=1S/C9H10N2O4/c1-10(9(12)13)6-7-4-2-3-5-8(7)11(14)15/h2-5H,6H2,1H3,(H,12,13). The van der Waals surface area contributed by atoms with E-state index in [2.05, 4.69) is 0 Å². The fourth-order valence-corrected chi connectivity index (χ4v) is 1.15. The number of nitro benzene ring substituents is 1. The summed E-state index contributed by atoms with van der Waals surface area (Å²) < 4.78 is 0. The first-order chi connectivity index (χ1) is 7.02. The Bertz CT molecular complexity index is 391. The molecule has 0 aliphatic rings. The summed E-state index contributed by atoms with van der Waals surface area (Å²) in [5, 5.41) is 19.2. The minimum Gasteiger partial charge on any atom is -0.465 e. The van der Waals surface area contributed by atoms with Crippen LogP contribution in [0.1, 0.15) is 5.56 Å². The maximum Gasteiger partial charge on any atom is 0.407 e. The monoisotopic (exact) mass is 210 g/mol. The summed E-state index contributed by atoms with van der Waals surface area (Å²) in [5.41, 5.74) is 0.318. The second-order valence-corrected chi connectivity index (χ2v) is 3.02. The van der Waals surface area contributed by atoms with E-state index in [0.29, 0.717) is 5.56 Å². The Morgan fingerprint density at radius 2 is 2.13 bits per heavy atom. The van der Waals surface area contributed by atoms with E-state index in [1.807, 2.05) is 0 Å². The molecule has 0 bridgehead atoms. The van der Waals surface area contributed by atoms with Crippen LogP contribution in [0.2, 0.25) is 0 Å². The Morgan fingerprint density at radius 3 is 2.67 bits per heavy atom. The third kappa shape index (κ3) is 2.67. The fourth-order valence-electron chi connectivity index (χ4n) is 1.15. The van der Waals surface area contributed by atoms with Gasteiger partial charge in [0, 0.05) is 18.7 Å². The number of para-hydroxylation sites is 1. The lowest BCUT2D eigenvalue weighted by molar-refractivity contribution is -0.385. The van der Waals surface area contributed by atoms with Crippen molar-refractivity contribution in [3.8, 4) is 0 Å². The van der Waals surface area contributed by atoms with Gasteiger partial charge in [0.1, 0.15) is 0 Å². The molecular formula is C9H10N2O4. The molecule has 0 aliphatic heterocycles. The van der Waals surface area contributed by atoms with Crippen LogP contribution < -0.4 is 0 Å². The highest BCUT2D eigenvalue weighted by Crippen LogP contribution is 2.18. The Labute approximate surface area is 85.9 Å². The normalized spacial score (nSPS) is 9.67. The minimum absolute atomic E-state index is 0.00644. The highest BCUT2D eigenvalue weighted by molar-refractivity contribution is 5.64. The van der Waals surface area contributed by atoms with Crippen molar-refractivity contribution in [3.63, 3.8) is 0 Å². The summed E-state index contributed by atoms with van der Waals surface area (Å²) in [6.07, 6.45) is -1.12. The van der Waals surface area contributed by atoms with Crippen molar-refractivity contribution >= 4 is 11.8 Å². The van der Waals surface area contributed by atoms with Crippen LogP contribution in [0, 0.1) is 10.1 Å². The quantitative estimate of drug-likeness (QED) is 0.607. The molecule has 0 heterocycles. The highest BCUT2D eigenvalue weighted by atomic mass is 16.6. The van der Waals surface area contributed by atoms with Crippen LogP contribution in [-0.4, -0.2) is 28.1 Å². The molecule has 0 radical (unpaired) electrons. The third-order valence-electron chi connectivity index (χ3n) is 1.92. The molecule has 0 atom stereocenters. The molecule has 0 unspecified atom stereocenters. The Hall–Kier alpha value is -2.11. The van der Waals surface area contributed by atoms with E-state index in [-0.39, 0.29) is 12.2 Å². The van der Waals surface area contributed by atoms with Gasteiger partial charge >= 0.3 is 6.09 Å². The van der Waals surface area contributed by atoms with Gasteiger partial charge in [-0.1, -0.05) is 18.2 Å². The molecule has 80 valence electrons. The first-order valence-corrected chi connectivity index (χ1v) is 4.18. The molecule has 1 amide bonds. The lowest BCUT2D eigenvalue weighted by Crippen LogP contribution is -2.24. The lowest BCUT2D eigenvalue weighted by atomic mass is 10.2. The fraction of sp³-hybridized carbons (Fsp3) is 0.222. The molecule has 1 rings (SSSR count). The zero-order valence-electron chi connectivity index (χ0n) is 8.08. The molecule has 1 aromatic rings. The van der Waals surface area contributed by atoms with E-state index in [1.165, 1.54) is 19.2 Å². The van der Waals surface area contributed by atoms with Gasteiger partial charge in [-0.2, -0.15) is 0 Å². The number of amides is 1. The van der Waals surface area contributed by atoms with Crippen molar-refractivity contribution in [2.45, 2.75) is 6.54 Å². The van der Waals surface area contributed by atoms with E-state index in [9.17, 15) is 14.9 Å². The van der Waals surface area contributed by atoms with Crippen molar-refractivity contribution in [2.75, 3.05) is 7.05 Å². The Kier molecular flexibility index (Phi) is 3.22. The molecule has 0 saturated carbocycles. The van der Waals surface area contributed by atoms with Crippen LogP contribution >= 0.6 is 0 Å². The molecule has 0 fully saturated rings. The van der Waals surface area contributed by atoms with E-state index in [4.69, 9.17) is 5.11 Å². The molecule has 0 spiro atoms. The van der Waals surface area contributed by atoms with Crippen LogP contribution in [0.25, 0.3) is 0 Å². The van der Waals surface area contributed by atoms with E-state index in [1.54, 1.807) is 12.1 Å². The average Bonchev–Trinajstić information content (AvgIpc) is 2.18. The topological polar surface area (TPSA) is 83.7 Å². The number of benzene rings is 1. The molecule has 1 aromatic carbocycles. The van der Waals surface area contributed by atoms with Crippen LogP contribution in [0.15, 0.2) is 24.3 Å². The van der Waals surface area contributed by atoms with Crippen LogP contribution in [0.5, 0.6) is 0 Å². The average molecular weight is 210 g/mol. The van der Waals surface area contributed by atoms with Crippen molar-refractivity contribution in [2.24, 2.45) is 0 Å². The van der Waals surface area contributed by atoms with Gasteiger partial charge in [0.25, 0.3) is 5.69 Å². The van der Waals surface area contributed by atoms with Crippen LogP contribution in [-0.2, 0) is 6.54 Å². The van der Waals surface area contributed by atoms with Gasteiger partial charge in [-0.3, -0.25) is 10.1 Å². The molecule has 1 N–H and O–H groups in total. The first-order valence-electron chi connectivity index (χ1n) is 4.18. The van der Waals surface area contributed by atoms with Crippen molar-refractivity contribution < 1.29 is 14.8 Å². The molecule has 15 heavy (non-hydrogen) atoms. The molecule has 6 heteroatoms. The zero-order valence-corrected chi connectivity index (χ0v) is 8.08. The number of nitro groups is 1. The van der Waals surface area contributed by atoms with Gasteiger partial charge in [0.15, 0.2) is 0 Å². The van der Waals surface area contributed by atoms with Crippen LogP contribution in [0.4, 0.5) is 10.5 Å². The summed E-state index contributed by atoms with van der Waals surface area (Å²) in [5.74, 6) is 0. The van der Waals surface area contributed by atoms with Crippen LogP contribution in [0.3, 0.4) is 0 Å². The van der Waals surface area contributed by atoms with Gasteiger partial charge in [-0.25, -0.2) is 4.79 Å². The number of hydrogen-bond acceptors (Lipinski definition) is 3. The van der Waals surface area contributed by atoms with E-state index in [0.717, 1.165) is 4.90 Å². The van der Waals surface area contributed by atoms with Gasteiger partial charge in [-0.15, -0.1) is 0 Å². The number of nitrogens with zero attached hydrogens (tertiary/aromatic N) is 2. The summed E-state index contributed by atoms with van der Waals surface area (Å²) in [7, 11) is 1.36. The largest absolute Gasteiger partial charge is 0.465 e. The number of carbonyl (C=O) groups is 1. The predicted molar refractivity (Wildman–Crippen MR) is 52.6 cm³/mol. The van der Waals surface area contributed by atoms with Crippen molar-refractivity contribution in [3.05, 3.63) is 39.9 Å². The number of hydrogen-bond donors (Lipinski definition) is 1. The summed E-state index contributed by atoms with van der Waals surface area (Å²) in [6.45, 7) is 0.00644. The number of carboxylic acid groups (broad SMARTS) is 1. The maximum atomic E-state index is 10.6. The van der Waals surface area contributed by atoms with Gasteiger partial charge in [0.2, 0.25) is 0 Å². The molecule has 6 nitrogen and oxygen atoms in total. The second-order valence-electron chi connectivity index (χ2n) is 3.02. The smallest absolute Gasteiger partial charge is 0.407 e. The number of rotatable bonds is 3. The first kappa shape index (κ1) is 11.0. The molecule has 0 aromatic heterocycles. The molecular weight excluding hydrogens is 200 g/mol. The predicted octanol–water partition coefficient (Wildman–Crippen LogP) is 1.70. The van der Waals surface area contributed by atoms with E-state index < -0.39 is 11.0 Å². The second kappa shape index (κ2) is 4.41. The summed E-state index contributed by atoms with van der Waals surface area (Å²) in [6, 6.07) is 6.07. The highest BCUT2D eigenvalue weighted by Gasteiger charge is 2.15.